The fourth-order valence-corrected chi connectivity index (χ4v) is 2.27. The Balaban J connectivity index is 2.11. The molecule has 2 aromatic rings. The lowest BCUT2D eigenvalue weighted by Gasteiger charge is -2.13. The maximum Gasteiger partial charge on any atom is 0.0482 e. The standard InChI is InChI=1S/C13H15N/c1-10(11-6-7-11)14-9-8-12-4-2-3-5-13(12)14/h2-5,8-11H,6-7H2,1H3. The molecule has 1 aliphatic rings. The molecule has 3 rings (SSSR count). The Bertz CT molecular complexity index is 451. The molecule has 0 N–H and O–H groups in total. The van der Waals surface area contributed by atoms with E-state index in [4.69, 9.17) is 0 Å². The summed E-state index contributed by atoms with van der Waals surface area (Å²) in [5.41, 5.74) is 1.38. The van der Waals surface area contributed by atoms with Crippen LogP contribution in [-0.4, -0.2) is 4.57 Å². The Morgan fingerprint density at radius 1 is 1.21 bits per heavy atom. The van der Waals surface area contributed by atoms with Crippen molar-refractivity contribution in [3.63, 3.8) is 0 Å². The molecule has 1 aliphatic carbocycles. The zero-order valence-electron chi connectivity index (χ0n) is 8.48. The van der Waals surface area contributed by atoms with Gasteiger partial charge in [-0.25, -0.2) is 0 Å². The van der Waals surface area contributed by atoms with Crippen LogP contribution in [0.4, 0.5) is 0 Å². The molecule has 72 valence electrons. The van der Waals surface area contributed by atoms with Gasteiger partial charge in [-0.15, -0.1) is 0 Å². The van der Waals surface area contributed by atoms with Crippen molar-refractivity contribution in [2.75, 3.05) is 0 Å². The quantitative estimate of drug-likeness (QED) is 0.673. The third-order valence-electron chi connectivity index (χ3n) is 3.37. The highest BCUT2D eigenvalue weighted by atomic mass is 15.0. The molecule has 0 aliphatic heterocycles. The van der Waals surface area contributed by atoms with Gasteiger partial charge in [0.25, 0.3) is 0 Å². The highest BCUT2D eigenvalue weighted by Gasteiger charge is 2.29. The van der Waals surface area contributed by atoms with Crippen LogP contribution in [0, 0.1) is 5.92 Å². The summed E-state index contributed by atoms with van der Waals surface area (Å²) in [6, 6.07) is 11.5. The molecule has 1 aromatic carbocycles. The summed E-state index contributed by atoms with van der Waals surface area (Å²) in [5.74, 6) is 0.922. The Kier molecular flexibility index (Phi) is 1.66. The summed E-state index contributed by atoms with van der Waals surface area (Å²) in [6.07, 6.45) is 5.05. The van der Waals surface area contributed by atoms with E-state index in [2.05, 4.69) is 48.0 Å². The van der Waals surface area contributed by atoms with Crippen molar-refractivity contribution in [2.45, 2.75) is 25.8 Å². The van der Waals surface area contributed by atoms with Crippen molar-refractivity contribution in [1.82, 2.24) is 4.57 Å². The van der Waals surface area contributed by atoms with Gasteiger partial charge in [0, 0.05) is 17.8 Å². The summed E-state index contributed by atoms with van der Waals surface area (Å²) in [7, 11) is 0. The van der Waals surface area contributed by atoms with Gasteiger partial charge in [0.1, 0.15) is 0 Å². The number of nitrogens with zero attached hydrogens (tertiary/aromatic N) is 1. The first-order valence-corrected chi connectivity index (χ1v) is 5.42. The average molecular weight is 185 g/mol. The Morgan fingerprint density at radius 2 is 2.00 bits per heavy atom. The van der Waals surface area contributed by atoms with E-state index in [1.807, 2.05) is 0 Å². The first-order valence-electron chi connectivity index (χ1n) is 5.42. The second-order valence-corrected chi connectivity index (χ2v) is 4.36. The van der Waals surface area contributed by atoms with Gasteiger partial charge in [0.2, 0.25) is 0 Å². The fourth-order valence-electron chi connectivity index (χ4n) is 2.27. The van der Waals surface area contributed by atoms with Gasteiger partial charge < -0.3 is 4.57 Å². The van der Waals surface area contributed by atoms with Gasteiger partial charge >= 0.3 is 0 Å². The number of para-hydroxylation sites is 1. The van der Waals surface area contributed by atoms with Crippen LogP contribution in [-0.2, 0) is 0 Å². The van der Waals surface area contributed by atoms with Crippen LogP contribution in [0.2, 0.25) is 0 Å². The molecule has 1 atom stereocenters. The number of hydrogen-bond acceptors (Lipinski definition) is 0. The van der Waals surface area contributed by atoms with Crippen LogP contribution in [0.5, 0.6) is 0 Å². The maximum absolute atomic E-state index is 2.42. The molecule has 0 radical (unpaired) electrons. The van der Waals surface area contributed by atoms with Crippen molar-refractivity contribution in [1.29, 1.82) is 0 Å². The van der Waals surface area contributed by atoms with Crippen LogP contribution < -0.4 is 0 Å². The maximum atomic E-state index is 2.42. The van der Waals surface area contributed by atoms with E-state index in [-0.39, 0.29) is 0 Å². The minimum Gasteiger partial charge on any atom is -0.344 e. The van der Waals surface area contributed by atoms with Crippen molar-refractivity contribution in [2.24, 2.45) is 5.92 Å². The van der Waals surface area contributed by atoms with E-state index in [0.29, 0.717) is 6.04 Å². The second kappa shape index (κ2) is 2.88. The highest BCUT2D eigenvalue weighted by Crippen LogP contribution is 2.40. The normalized spacial score (nSPS) is 18.6. The largest absolute Gasteiger partial charge is 0.344 e. The molecule has 1 unspecified atom stereocenters. The molecule has 1 heteroatoms. The van der Waals surface area contributed by atoms with Gasteiger partial charge in [-0.05, 0) is 43.2 Å². The zero-order valence-corrected chi connectivity index (χ0v) is 8.48. The number of rotatable bonds is 2. The minimum atomic E-state index is 0.676. The summed E-state index contributed by atoms with van der Waals surface area (Å²) in [4.78, 5) is 0. The lowest BCUT2D eigenvalue weighted by atomic mass is 10.2. The van der Waals surface area contributed by atoms with E-state index < -0.39 is 0 Å². The van der Waals surface area contributed by atoms with Gasteiger partial charge in [0.15, 0.2) is 0 Å². The van der Waals surface area contributed by atoms with Crippen molar-refractivity contribution < 1.29 is 0 Å². The number of hydrogen-bond donors (Lipinski definition) is 0. The minimum absolute atomic E-state index is 0.676. The van der Waals surface area contributed by atoms with Crippen molar-refractivity contribution in [3.05, 3.63) is 36.5 Å². The smallest absolute Gasteiger partial charge is 0.0482 e. The third-order valence-corrected chi connectivity index (χ3v) is 3.37. The van der Waals surface area contributed by atoms with Gasteiger partial charge in [-0.2, -0.15) is 0 Å². The van der Waals surface area contributed by atoms with E-state index >= 15 is 0 Å². The molecule has 0 bridgehead atoms. The van der Waals surface area contributed by atoms with E-state index in [1.54, 1.807) is 0 Å². The summed E-state index contributed by atoms with van der Waals surface area (Å²) in [5, 5.41) is 1.36. The summed E-state index contributed by atoms with van der Waals surface area (Å²) >= 11 is 0. The Hall–Kier alpha value is -1.24. The second-order valence-electron chi connectivity index (χ2n) is 4.36. The van der Waals surface area contributed by atoms with Crippen LogP contribution >= 0.6 is 0 Å². The molecule has 1 nitrogen and oxygen atoms in total. The zero-order chi connectivity index (χ0) is 9.54. The fraction of sp³-hybridized carbons (Fsp3) is 0.385. The predicted molar refractivity (Wildman–Crippen MR) is 59.4 cm³/mol. The molecular weight excluding hydrogens is 170 g/mol. The molecule has 0 saturated heterocycles. The molecular formula is C13H15N. The first-order chi connectivity index (χ1) is 6.86. The number of fused-ring (bicyclic) bond motifs is 1. The van der Waals surface area contributed by atoms with Crippen LogP contribution in [0.15, 0.2) is 36.5 Å². The van der Waals surface area contributed by atoms with E-state index in [1.165, 1.54) is 23.7 Å². The molecule has 1 aromatic heterocycles. The predicted octanol–water partition coefficient (Wildman–Crippen LogP) is 3.61. The molecule has 1 saturated carbocycles. The van der Waals surface area contributed by atoms with Gasteiger partial charge in [0.05, 0.1) is 0 Å². The van der Waals surface area contributed by atoms with Gasteiger partial charge in [-0.3, -0.25) is 0 Å². The lowest BCUT2D eigenvalue weighted by Crippen LogP contribution is -2.04. The molecule has 14 heavy (non-hydrogen) atoms. The lowest BCUT2D eigenvalue weighted by molar-refractivity contribution is 0.500. The summed E-state index contributed by atoms with van der Waals surface area (Å²) in [6.45, 7) is 2.34. The van der Waals surface area contributed by atoms with E-state index in [0.717, 1.165) is 5.92 Å². The van der Waals surface area contributed by atoms with Crippen LogP contribution in [0.25, 0.3) is 10.9 Å². The monoisotopic (exact) mass is 185 g/mol. The Labute approximate surface area is 84.4 Å². The first kappa shape index (κ1) is 8.10. The molecule has 1 heterocycles. The van der Waals surface area contributed by atoms with Crippen LogP contribution in [0.1, 0.15) is 25.8 Å². The highest BCUT2D eigenvalue weighted by molar-refractivity contribution is 5.80. The van der Waals surface area contributed by atoms with Crippen LogP contribution in [0.3, 0.4) is 0 Å². The number of aromatic nitrogens is 1. The average Bonchev–Trinajstić information content (AvgIpc) is 2.97. The summed E-state index contributed by atoms with van der Waals surface area (Å²) < 4.78 is 2.42. The molecule has 0 amide bonds. The Morgan fingerprint density at radius 3 is 2.79 bits per heavy atom. The van der Waals surface area contributed by atoms with E-state index in [9.17, 15) is 0 Å². The molecule has 0 spiro atoms. The third kappa shape index (κ3) is 1.16. The SMILES string of the molecule is CC(C1CC1)n1ccc2ccccc21. The number of benzene rings is 1. The van der Waals surface area contributed by atoms with Crippen molar-refractivity contribution in [3.8, 4) is 0 Å². The van der Waals surface area contributed by atoms with Gasteiger partial charge in [-0.1, -0.05) is 18.2 Å². The molecule has 1 fully saturated rings. The van der Waals surface area contributed by atoms with Crippen molar-refractivity contribution >= 4 is 10.9 Å². The topological polar surface area (TPSA) is 4.93 Å².